The van der Waals surface area contributed by atoms with Crippen molar-refractivity contribution in [1.82, 2.24) is 9.84 Å². The summed E-state index contributed by atoms with van der Waals surface area (Å²) < 4.78 is 0. The third-order valence-corrected chi connectivity index (χ3v) is 1.81. The number of hydrazine groups is 1. The molecule has 1 heterocycles. The van der Waals surface area contributed by atoms with E-state index in [9.17, 15) is 14.7 Å². The number of hydrogen-bond acceptors (Lipinski definition) is 5. The lowest BCUT2D eigenvalue weighted by Gasteiger charge is -2.22. The van der Waals surface area contributed by atoms with Crippen LogP contribution in [0, 0.1) is 0 Å². The zero-order valence-corrected chi connectivity index (χ0v) is 6.72. The van der Waals surface area contributed by atoms with Gasteiger partial charge in [0.1, 0.15) is 0 Å². The zero-order chi connectivity index (χ0) is 8.97. The molecule has 0 aromatic heterocycles. The molecule has 0 bridgehead atoms. The summed E-state index contributed by atoms with van der Waals surface area (Å²) in [6.07, 6.45) is 1.07. The van der Waals surface area contributed by atoms with Crippen LogP contribution in [0.2, 0.25) is 0 Å². The molecule has 1 N–H and O–H groups in total. The Bertz CT molecular complexity index is 162. The summed E-state index contributed by atoms with van der Waals surface area (Å²) in [6.45, 7) is 0.874. The maximum absolute atomic E-state index is 10.2. The molecule has 7 heteroatoms. The second kappa shape index (κ2) is 4.39. The lowest BCUT2D eigenvalue weighted by Crippen LogP contribution is -2.42. The highest BCUT2D eigenvalue weighted by Gasteiger charge is 2.28. The van der Waals surface area contributed by atoms with Gasteiger partial charge in [0, 0.05) is 13.1 Å². The fourth-order valence-electron chi connectivity index (χ4n) is 1.33. The van der Waals surface area contributed by atoms with Gasteiger partial charge < -0.3 is 14.7 Å². The normalized spacial score (nSPS) is 20.8. The second-order valence-corrected chi connectivity index (χ2v) is 2.73. The van der Waals surface area contributed by atoms with Gasteiger partial charge in [0.2, 0.25) is 0 Å². The number of β-amino-alcohol motifs (C(OH)–C–C–N with tert-alkyl or cyclic N) is 1. The van der Waals surface area contributed by atoms with Crippen LogP contribution >= 0.6 is 0 Å². The van der Waals surface area contributed by atoms with Gasteiger partial charge in [0.05, 0.1) is 18.5 Å². The van der Waals surface area contributed by atoms with E-state index in [-0.39, 0.29) is 14.8 Å². The minimum atomic E-state index is -0.454. The van der Waals surface area contributed by atoms with Crippen molar-refractivity contribution in [2.24, 2.45) is 0 Å². The highest BCUT2D eigenvalue weighted by Crippen LogP contribution is 2.06. The molecule has 1 fully saturated rings. The number of hydrogen-bond donors (Lipinski definition) is 1. The molecule has 1 aliphatic rings. The van der Waals surface area contributed by atoms with Crippen LogP contribution in [0.4, 0.5) is 0 Å². The van der Waals surface area contributed by atoms with E-state index < -0.39 is 6.10 Å². The van der Waals surface area contributed by atoms with Gasteiger partial charge in [-0.2, -0.15) is 0 Å². The van der Waals surface area contributed by atoms with Crippen LogP contribution in [0.25, 0.3) is 0 Å². The van der Waals surface area contributed by atoms with Gasteiger partial charge in [-0.15, -0.1) is 0 Å². The average molecular weight is 168 g/mol. The number of rotatable bonds is 4. The standard InChI is InChI=1S/C5H10B2N2O3/c10-3-6-8-1-5(12)2-9(8)7-4-11/h3-7,12H,1-2H2. The van der Waals surface area contributed by atoms with E-state index in [2.05, 4.69) is 0 Å². The lowest BCUT2D eigenvalue weighted by molar-refractivity contribution is 0.200. The van der Waals surface area contributed by atoms with Gasteiger partial charge in [0.15, 0.2) is 0 Å². The summed E-state index contributed by atoms with van der Waals surface area (Å²) in [5, 5.41) is 9.21. The molecule has 0 unspecified atom stereocenters. The first-order valence-electron chi connectivity index (χ1n) is 3.83. The maximum Gasteiger partial charge on any atom is 0.295 e. The molecule has 0 aliphatic carbocycles. The number of carbonyl (C=O) groups is 2. The monoisotopic (exact) mass is 168 g/mol. The van der Waals surface area contributed by atoms with Crippen LogP contribution < -0.4 is 0 Å². The van der Waals surface area contributed by atoms with Crippen molar-refractivity contribution in [2.75, 3.05) is 13.1 Å². The highest BCUT2D eigenvalue weighted by molar-refractivity contribution is 6.67. The van der Waals surface area contributed by atoms with E-state index in [0.717, 1.165) is 12.4 Å². The summed E-state index contributed by atoms with van der Waals surface area (Å²) in [7, 11) is 0.482. The van der Waals surface area contributed by atoms with Gasteiger partial charge in [-0.1, -0.05) is 0 Å². The maximum atomic E-state index is 10.2. The molecule has 0 radical (unpaired) electrons. The molecule has 1 saturated heterocycles. The predicted molar refractivity (Wildman–Crippen MR) is 47.2 cm³/mol. The van der Waals surface area contributed by atoms with Crippen molar-refractivity contribution in [3.8, 4) is 0 Å². The van der Waals surface area contributed by atoms with E-state index in [4.69, 9.17) is 0 Å². The molecule has 1 aliphatic heterocycles. The summed E-state index contributed by atoms with van der Waals surface area (Å²) in [6, 6.07) is 0. The Kier molecular flexibility index (Phi) is 3.46. The van der Waals surface area contributed by atoms with Crippen LogP contribution in [0.3, 0.4) is 0 Å². The summed E-state index contributed by atoms with van der Waals surface area (Å²) >= 11 is 0. The van der Waals surface area contributed by atoms with Crippen molar-refractivity contribution in [3.05, 3.63) is 0 Å². The molecule has 0 aromatic rings. The molecule has 64 valence electrons. The first-order valence-corrected chi connectivity index (χ1v) is 3.83. The predicted octanol–water partition coefficient (Wildman–Crippen LogP) is -3.04. The highest BCUT2D eigenvalue weighted by atomic mass is 16.3. The molecule has 0 atom stereocenters. The van der Waals surface area contributed by atoms with Crippen LogP contribution in [-0.4, -0.2) is 61.3 Å². The average Bonchev–Trinajstić information content (AvgIpc) is 2.33. The number of carbonyl (C=O) groups excluding carboxylic acids is 2. The Morgan fingerprint density at radius 1 is 1.17 bits per heavy atom. The van der Waals surface area contributed by atoms with Gasteiger partial charge in [-0.05, 0) is 0 Å². The van der Waals surface area contributed by atoms with Crippen molar-refractivity contribution < 1.29 is 14.7 Å². The molecule has 1 rings (SSSR count). The Hall–Kier alpha value is -0.650. The molecule has 0 spiro atoms. The topological polar surface area (TPSA) is 60.9 Å². The van der Waals surface area contributed by atoms with Crippen molar-refractivity contribution in [3.63, 3.8) is 0 Å². The van der Waals surface area contributed by atoms with E-state index in [1.54, 1.807) is 9.84 Å². The van der Waals surface area contributed by atoms with E-state index in [0.29, 0.717) is 13.1 Å². The largest absolute Gasteiger partial charge is 0.390 e. The van der Waals surface area contributed by atoms with Crippen LogP contribution in [0.15, 0.2) is 0 Å². The molecular formula is C5H10B2N2O3. The van der Waals surface area contributed by atoms with Gasteiger partial charge >= 0.3 is 0 Å². The van der Waals surface area contributed by atoms with Gasteiger partial charge in [0.25, 0.3) is 14.8 Å². The quantitative estimate of drug-likeness (QED) is 0.357. The third-order valence-electron chi connectivity index (χ3n) is 1.81. The van der Waals surface area contributed by atoms with Gasteiger partial charge in [-0.3, -0.25) is 9.84 Å². The summed E-state index contributed by atoms with van der Waals surface area (Å²) in [5.74, 6) is 0. The van der Waals surface area contributed by atoms with Crippen molar-refractivity contribution >= 4 is 27.2 Å². The molecule has 0 saturated carbocycles. The summed E-state index contributed by atoms with van der Waals surface area (Å²) in [4.78, 5) is 23.7. The van der Waals surface area contributed by atoms with E-state index in [1.165, 1.54) is 0 Å². The number of aliphatic hydroxyl groups excluding tert-OH is 1. The van der Waals surface area contributed by atoms with Crippen LogP contribution in [0.5, 0.6) is 0 Å². The molecule has 0 aromatic carbocycles. The zero-order valence-electron chi connectivity index (χ0n) is 6.72. The smallest absolute Gasteiger partial charge is 0.295 e. The van der Waals surface area contributed by atoms with E-state index >= 15 is 0 Å². The molecule has 0 amide bonds. The van der Waals surface area contributed by atoms with Crippen molar-refractivity contribution in [2.45, 2.75) is 6.10 Å². The minimum absolute atomic E-state index is 0.241. The minimum Gasteiger partial charge on any atom is -0.390 e. The van der Waals surface area contributed by atoms with Crippen LogP contribution in [-0.2, 0) is 9.59 Å². The SMILES string of the molecule is O=CBN1CC(O)CN1BC=O. The van der Waals surface area contributed by atoms with Crippen LogP contribution in [0.1, 0.15) is 0 Å². The summed E-state index contributed by atoms with van der Waals surface area (Å²) in [5.41, 5.74) is 0. The fourth-order valence-corrected chi connectivity index (χ4v) is 1.33. The number of nitrogens with zero attached hydrogens (tertiary/aromatic N) is 2. The first-order chi connectivity index (χ1) is 5.77. The van der Waals surface area contributed by atoms with E-state index in [1.807, 2.05) is 0 Å². The Labute approximate surface area is 71.8 Å². The Balaban J connectivity index is 2.46. The van der Waals surface area contributed by atoms with Crippen molar-refractivity contribution in [1.29, 1.82) is 0 Å². The number of aliphatic hydroxyl groups is 1. The molecular weight excluding hydrogens is 158 g/mol. The molecule has 12 heavy (non-hydrogen) atoms. The lowest BCUT2D eigenvalue weighted by atomic mass is 9.93. The Morgan fingerprint density at radius 2 is 1.58 bits per heavy atom. The Morgan fingerprint density at radius 3 is 1.92 bits per heavy atom. The van der Waals surface area contributed by atoms with Gasteiger partial charge in [-0.25, -0.2) is 0 Å². The first kappa shape index (κ1) is 9.44. The molecule has 5 nitrogen and oxygen atoms in total. The fraction of sp³-hybridized carbons (Fsp3) is 0.600. The second-order valence-electron chi connectivity index (χ2n) is 2.73. The third kappa shape index (κ3) is 2.17.